The van der Waals surface area contributed by atoms with Crippen molar-refractivity contribution in [1.82, 2.24) is 0 Å². The van der Waals surface area contributed by atoms with E-state index >= 15 is 0 Å². The minimum Gasteiger partial charge on any atom is -0.466 e. The largest absolute Gasteiger partial charge is 0.466 e. The van der Waals surface area contributed by atoms with Crippen molar-refractivity contribution < 1.29 is 38.1 Å². The molecule has 0 amide bonds. The highest BCUT2D eigenvalue weighted by atomic mass is 16.6. The van der Waals surface area contributed by atoms with Gasteiger partial charge < -0.3 is 23.7 Å². The highest BCUT2D eigenvalue weighted by molar-refractivity contribution is 5.83. The summed E-state index contributed by atoms with van der Waals surface area (Å²) in [7, 11) is 3.88. The molecule has 8 heteroatoms. The van der Waals surface area contributed by atoms with E-state index in [1.807, 2.05) is 0 Å². The van der Waals surface area contributed by atoms with Gasteiger partial charge >= 0.3 is 17.9 Å². The number of hydrogen-bond donors (Lipinski definition) is 0. The third-order valence-electron chi connectivity index (χ3n) is 5.43. The topological polar surface area (TPSA) is 97.4 Å². The van der Waals surface area contributed by atoms with E-state index in [-0.39, 0.29) is 0 Å². The van der Waals surface area contributed by atoms with Gasteiger partial charge in [0.1, 0.15) is 0 Å². The van der Waals surface area contributed by atoms with Crippen LogP contribution < -0.4 is 0 Å². The standard InChI is InChI=1S/C28H28O8/c1-32-23(20-15-9-5-10-16-20)27(30)35-22(19-13-7-4-8-14-19)25(26(29)34-3)36-28(31)24(33-2)21-17-11-6-12-18-21/h4-18,22-25H,1-3H3/t22-,23+,24+,25-/m0/s1. The zero-order valence-corrected chi connectivity index (χ0v) is 20.2. The second-order valence-electron chi connectivity index (χ2n) is 7.70. The van der Waals surface area contributed by atoms with Crippen LogP contribution in [0, 0.1) is 0 Å². The van der Waals surface area contributed by atoms with Gasteiger partial charge in [0.25, 0.3) is 0 Å². The maximum absolute atomic E-state index is 13.2. The van der Waals surface area contributed by atoms with Crippen LogP contribution in [0.5, 0.6) is 0 Å². The summed E-state index contributed by atoms with van der Waals surface area (Å²) in [5.41, 5.74) is 1.52. The molecule has 0 aliphatic carbocycles. The number of carbonyl (C=O) groups is 3. The summed E-state index contributed by atoms with van der Waals surface area (Å²) >= 11 is 0. The van der Waals surface area contributed by atoms with Crippen LogP contribution in [0.1, 0.15) is 35.0 Å². The van der Waals surface area contributed by atoms with Crippen LogP contribution in [0.3, 0.4) is 0 Å². The summed E-state index contributed by atoms with van der Waals surface area (Å²) < 4.78 is 27.0. The van der Waals surface area contributed by atoms with Gasteiger partial charge in [0.2, 0.25) is 6.10 Å². The van der Waals surface area contributed by atoms with Gasteiger partial charge in [-0.1, -0.05) is 91.0 Å². The fraction of sp³-hybridized carbons (Fsp3) is 0.250. The van der Waals surface area contributed by atoms with Crippen LogP contribution in [-0.4, -0.2) is 45.3 Å². The number of methoxy groups -OCH3 is 3. The van der Waals surface area contributed by atoms with Crippen LogP contribution in [0.2, 0.25) is 0 Å². The first-order valence-electron chi connectivity index (χ1n) is 11.2. The average molecular weight is 493 g/mol. The van der Waals surface area contributed by atoms with E-state index in [2.05, 4.69) is 0 Å². The minimum absolute atomic E-state index is 0.422. The van der Waals surface area contributed by atoms with Gasteiger partial charge in [-0.25, -0.2) is 14.4 Å². The molecule has 0 aliphatic heterocycles. The fourth-order valence-corrected chi connectivity index (χ4v) is 3.66. The SMILES string of the molecule is COC(=O)[C@@H](OC(=O)[C@H](OC)c1ccccc1)[C@@H](OC(=O)[C@H](OC)c1ccccc1)c1ccccc1. The molecule has 0 bridgehead atoms. The first kappa shape index (κ1) is 26.6. The van der Waals surface area contributed by atoms with Crippen molar-refractivity contribution in [2.45, 2.75) is 24.4 Å². The molecule has 3 rings (SSSR count). The predicted molar refractivity (Wildman–Crippen MR) is 130 cm³/mol. The first-order chi connectivity index (χ1) is 17.5. The normalized spacial score (nSPS) is 14.1. The Hall–Kier alpha value is -4.01. The number of ether oxygens (including phenoxy) is 5. The second-order valence-corrected chi connectivity index (χ2v) is 7.70. The molecule has 3 aromatic carbocycles. The van der Waals surface area contributed by atoms with Gasteiger partial charge in [-0.05, 0) is 16.7 Å². The van der Waals surface area contributed by atoms with Crippen LogP contribution in [0.4, 0.5) is 0 Å². The van der Waals surface area contributed by atoms with E-state index in [0.717, 1.165) is 7.11 Å². The molecule has 188 valence electrons. The highest BCUT2D eigenvalue weighted by Gasteiger charge is 2.40. The van der Waals surface area contributed by atoms with Crippen molar-refractivity contribution in [3.63, 3.8) is 0 Å². The van der Waals surface area contributed by atoms with Gasteiger partial charge in [-0.2, -0.15) is 0 Å². The van der Waals surface area contributed by atoms with Crippen molar-refractivity contribution in [3.05, 3.63) is 108 Å². The molecule has 8 nitrogen and oxygen atoms in total. The minimum atomic E-state index is -1.61. The molecule has 3 aromatic rings. The maximum atomic E-state index is 13.2. The Morgan fingerprint density at radius 2 is 0.917 bits per heavy atom. The average Bonchev–Trinajstić information content (AvgIpc) is 2.92. The van der Waals surface area contributed by atoms with Crippen molar-refractivity contribution in [1.29, 1.82) is 0 Å². The Labute approximate surface area is 209 Å². The number of carbonyl (C=O) groups excluding carboxylic acids is 3. The quantitative estimate of drug-likeness (QED) is 0.291. The van der Waals surface area contributed by atoms with Crippen LogP contribution in [0.25, 0.3) is 0 Å². The summed E-state index contributed by atoms with van der Waals surface area (Å²) in [6.07, 6.45) is -5.10. The van der Waals surface area contributed by atoms with E-state index in [4.69, 9.17) is 23.7 Å². The lowest BCUT2D eigenvalue weighted by atomic mass is 10.0. The first-order valence-corrected chi connectivity index (χ1v) is 11.2. The van der Waals surface area contributed by atoms with Crippen molar-refractivity contribution in [2.24, 2.45) is 0 Å². The molecule has 0 heterocycles. The lowest BCUT2D eigenvalue weighted by Gasteiger charge is -2.28. The van der Waals surface area contributed by atoms with Crippen LogP contribution in [-0.2, 0) is 38.1 Å². The zero-order valence-electron chi connectivity index (χ0n) is 20.2. The van der Waals surface area contributed by atoms with E-state index < -0.39 is 42.3 Å². The number of rotatable bonds is 11. The summed E-state index contributed by atoms with van der Waals surface area (Å²) in [4.78, 5) is 39.2. The van der Waals surface area contributed by atoms with Crippen LogP contribution in [0.15, 0.2) is 91.0 Å². The van der Waals surface area contributed by atoms with Crippen molar-refractivity contribution in [2.75, 3.05) is 21.3 Å². The van der Waals surface area contributed by atoms with Gasteiger partial charge in [0, 0.05) is 14.2 Å². The lowest BCUT2D eigenvalue weighted by Crippen LogP contribution is -2.39. The van der Waals surface area contributed by atoms with Crippen molar-refractivity contribution in [3.8, 4) is 0 Å². The van der Waals surface area contributed by atoms with E-state index in [0.29, 0.717) is 16.7 Å². The second kappa shape index (κ2) is 13.2. The van der Waals surface area contributed by atoms with E-state index in [1.165, 1.54) is 14.2 Å². The molecule has 0 radical (unpaired) electrons. The molecule has 0 aliphatic rings. The maximum Gasteiger partial charge on any atom is 0.351 e. The number of hydrogen-bond acceptors (Lipinski definition) is 8. The smallest absolute Gasteiger partial charge is 0.351 e. The molecule has 0 saturated heterocycles. The zero-order chi connectivity index (χ0) is 25.9. The van der Waals surface area contributed by atoms with Gasteiger partial charge in [0.15, 0.2) is 18.3 Å². The van der Waals surface area contributed by atoms with Gasteiger partial charge in [0.05, 0.1) is 7.11 Å². The van der Waals surface area contributed by atoms with Crippen molar-refractivity contribution >= 4 is 17.9 Å². The van der Waals surface area contributed by atoms with E-state index in [1.54, 1.807) is 91.0 Å². The molecule has 4 atom stereocenters. The molecular weight excluding hydrogens is 464 g/mol. The fourth-order valence-electron chi connectivity index (χ4n) is 3.66. The molecule has 0 N–H and O–H groups in total. The third-order valence-corrected chi connectivity index (χ3v) is 5.43. The Bertz CT molecular complexity index is 1120. The lowest BCUT2D eigenvalue weighted by molar-refractivity contribution is -0.190. The van der Waals surface area contributed by atoms with Gasteiger partial charge in [-0.3, -0.25) is 0 Å². The summed E-state index contributed by atoms with van der Waals surface area (Å²) in [6, 6.07) is 25.9. The number of benzene rings is 3. The molecule has 0 aromatic heterocycles. The predicted octanol–water partition coefficient (Wildman–Crippen LogP) is 4.13. The van der Waals surface area contributed by atoms with Crippen LogP contribution >= 0.6 is 0 Å². The number of esters is 3. The molecule has 0 unspecified atom stereocenters. The Morgan fingerprint density at radius 1 is 0.528 bits per heavy atom. The van der Waals surface area contributed by atoms with E-state index in [9.17, 15) is 14.4 Å². The molecule has 36 heavy (non-hydrogen) atoms. The molecule has 0 saturated carbocycles. The Morgan fingerprint density at radius 3 is 1.31 bits per heavy atom. The Kier molecular flexibility index (Phi) is 9.73. The monoisotopic (exact) mass is 492 g/mol. The summed E-state index contributed by atoms with van der Waals surface area (Å²) in [6.45, 7) is 0. The molecule has 0 fully saturated rings. The Balaban J connectivity index is 1.94. The highest BCUT2D eigenvalue weighted by Crippen LogP contribution is 2.30. The summed E-state index contributed by atoms with van der Waals surface area (Å²) in [5, 5.41) is 0. The molecular formula is C28H28O8. The summed E-state index contributed by atoms with van der Waals surface area (Å²) in [5.74, 6) is -2.52. The third kappa shape index (κ3) is 6.56. The molecule has 0 spiro atoms. The van der Waals surface area contributed by atoms with Gasteiger partial charge in [-0.15, -0.1) is 0 Å².